The molecular weight excluding hydrogens is 418 g/mol. The van der Waals surface area contributed by atoms with Crippen molar-refractivity contribution in [3.63, 3.8) is 0 Å². The number of likely N-dealkylation sites (tertiary alicyclic amines) is 1. The molecule has 7 nitrogen and oxygen atoms in total. The van der Waals surface area contributed by atoms with Crippen molar-refractivity contribution in [3.8, 4) is 5.75 Å². The van der Waals surface area contributed by atoms with Crippen molar-refractivity contribution >= 4 is 29.8 Å². The van der Waals surface area contributed by atoms with E-state index in [1.807, 2.05) is 0 Å². The van der Waals surface area contributed by atoms with Gasteiger partial charge in [0.05, 0.1) is 29.7 Å². The zero-order chi connectivity index (χ0) is 21.4. The van der Waals surface area contributed by atoms with E-state index in [2.05, 4.69) is 5.10 Å². The molecule has 1 fully saturated rings. The average molecular weight is 435 g/mol. The lowest BCUT2D eigenvalue weighted by Crippen LogP contribution is -2.58. The second-order valence-electron chi connectivity index (χ2n) is 7.03. The van der Waals surface area contributed by atoms with Crippen molar-refractivity contribution in [2.45, 2.75) is 18.6 Å². The molecule has 2 aliphatic heterocycles. The van der Waals surface area contributed by atoms with Gasteiger partial charge in [0.2, 0.25) is 5.91 Å². The lowest BCUT2D eigenvalue weighted by atomic mass is 10.0. The molecule has 0 aliphatic carbocycles. The molecule has 2 N–H and O–H groups in total. The Morgan fingerprint density at radius 3 is 2.50 bits per heavy atom. The third-order valence-corrected chi connectivity index (χ3v) is 5.25. The molecule has 1 unspecified atom stereocenters. The number of carbonyl (C=O) groups is 2. The van der Waals surface area contributed by atoms with Crippen molar-refractivity contribution in [1.29, 1.82) is 0 Å². The number of hydrogen-bond acceptors (Lipinski definition) is 4. The molecule has 2 heterocycles. The molecule has 4 rings (SSSR count). The maximum atomic E-state index is 13.6. The average Bonchev–Trinajstić information content (AvgIpc) is 3.14. The standard InChI is InChI=1S/C20H17ClF2N4O3/c21-17-2-1-14(8-16(17)19(24)28)30-15-9-26(10-15)20(29)27-18(3-4-25-27)11-5-12(22)7-13(23)6-11/h1-2,4-8,15,18H,3,9-10H2,(H2,24,28). The zero-order valence-electron chi connectivity index (χ0n) is 15.6. The Labute approximate surface area is 175 Å². The van der Waals surface area contributed by atoms with E-state index in [0.29, 0.717) is 30.8 Å². The molecule has 2 aromatic rings. The van der Waals surface area contributed by atoms with Crippen LogP contribution >= 0.6 is 11.6 Å². The van der Waals surface area contributed by atoms with E-state index in [9.17, 15) is 18.4 Å². The van der Waals surface area contributed by atoms with Gasteiger partial charge >= 0.3 is 6.03 Å². The third kappa shape index (κ3) is 3.93. The number of hydrogen-bond donors (Lipinski definition) is 1. The van der Waals surface area contributed by atoms with Crippen LogP contribution in [0.15, 0.2) is 41.5 Å². The Morgan fingerprint density at radius 1 is 1.13 bits per heavy atom. The molecule has 0 bridgehead atoms. The number of primary amides is 1. The van der Waals surface area contributed by atoms with Crippen LogP contribution in [0.5, 0.6) is 5.75 Å². The van der Waals surface area contributed by atoms with Crippen LogP contribution in [0.3, 0.4) is 0 Å². The predicted octanol–water partition coefficient (Wildman–Crippen LogP) is 3.33. The fourth-order valence-corrected chi connectivity index (χ4v) is 3.63. The maximum Gasteiger partial charge on any atom is 0.341 e. The molecule has 0 saturated carbocycles. The normalized spacial score (nSPS) is 18.4. The van der Waals surface area contributed by atoms with Gasteiger partial charge < -0.3 is 15.4 Å². The summed E-state index contributed by atoms with van der Waals surface area (Å²) in [6, 6.07) is 6.80. The van der Waals surface area contributed by atoms with Crippen LogP contribution in [0.2, 0.25) is 5.02 Å². The highest BCUT2D eigenvalue weighted by atomic mass is 35.5. The van der Waals surface area contributed by atoms with Crippen LogP contribution in [0.25, 0.3) is 0 Å². The Hall–Kier alpha value is -3.20. The van der Waals surface area contributed by atoms with Crippen molar-refractivity contribution in [2.24, 2.45) is 10.8 Å². The van der Waals surface area contributed by atoms with E-state index in [1.54, 1.807) is 6.07 Å². The van der Waals surface area contributed by atoms with Crippen molar-refractivity contribution in [3.05, 3.63) is 64.2 Å². The van der Waals surface area contributed by atoms with E-state index < -0.39 is 23.6 Å². The summed E-state index contributed by atoms with van der Waals surface area (Å²) in [5.41, 5.74) is 5.76. The number of benzene rings is 2. The first kappa shape index (κ1) is 20.1. The lowest BCUT2D eigenvalue weighted by Gasteiger charge is -2.41. The molecule has 3 amide bonds. The molecule has 2 aromatic carbocycles. The minimum atomic E-state index is -0.708. The Bertz CT molecular complexity index is 1020. The predicted molar refractivity (Wildman–Crippen MR) is 105 cm³/mol. The van der Waals surface area contributed by atoms with Crippen LogP contribution in [0.1, 0.15) is 28.4 Å². The fourth-order valence-electron chi connectivity index (χ4n) is 3.42. The van der Waals surface area contributed by atoms with Gasteiger partial charge in [0, 0.05) is 18.7 Å². The molecule has 156 valence electrons. The second-order valence-corrected chi connectivity index (χ2v) is 7.44. The largest absolute Gasteiger partial charge is 0.487 e. The van der Waals surface area contributed by atoms with Gasteiger partial charge in [-0.1, -0.05) is 11.6 Å². The zero-order valence-corrected chi connectivity index (χ0v) is 16.4. The highest BCUT2D eigenvalue weighted by Crippen LogP contribution is 2.32. The number of amides is 3. The Morgan fingerprint density at radius 2 is 1.83 bits per heavy atom. The minimum absolute atomic E-state index is 0.151. The number of hydrazone groups is 1. The third-order valence-electron chi connectivity index (χ3n) is 4.92. The SMILES string of the molecule is NC(=O)c1cc(OC2CN(C(=O)N3N=CCC3c3cc(F)cc(F)c3)C2)ccc1Cl. The monoisotopic (exact) mass is 434 g/mol. The molecule has 0 radical (unpaired) electrons. The topological polar surface area (TPSA) is 88.2 Å². The highest BCUT2D eigenvalue weighted by Gasteiger charge is 2.39. The lowest BCUT2D eigenvalue weighted by molar-refractivity contribution is 0.0277. The summed E-state index contributed by atoms with van der Waals surface area (Å²) in [5.74, 6) is -1.67. The number of nitrogens with two attached hydrogens (primary N) is 1. The summed E-state index contributed by atoms with van der Waals surface area (Å²) in [4.78, 5) is 25.7. The van der Waals surface area contributed by atoms with Crippen molar-refractivity contribution < 1.29 is 23.1 Å². The first-order chi connectivity index (χ1) is 14.3. The second kappa shape index (κ2) is 7.91. The van der Waals surface area contributed by atoms with Crippen LogP contribution in [-0.4, -0.2) is 47.3 Å². The number of ether oxygens (including phenoxy) is 1. The van der Waals surface area contributed by atoms with Crippen LogP contribution < -0.4 is 10.5 Å². The molecule has 2 aliphatic rings. The van der Waals surface area contributed by atoms with Crippen LogP contribution in [0, 0.1) is 11.6 Å². The van der Waals surface area contributed by atoms with E-state index in [-0.39, 0.29) is 22.7 Å². The summed E-state index contributed by atoms with van der Waals surface area (Å²) in [6.07, 6.45) is 1.62. The van der Waals surface area contributed by atoms with Gasteiger partial charge in [-0.25, -0.2) is 18.6 Å². The molecular formula is C20H17ClF2N4O3. The van der Waals surface area contributed by atoms with Gasteiger partial charge in [0.1, 0.15) is 23.5 Å². The first-order valence-corrected chi connectivity index (χ1v) is 9.52. The summed E-state index contributed by atoms with van der Waals surface area (Å²) in [6.45, 7) is 0.591. The van der Waals surface area contributed by atoms with Gasteiger partial charge in [0.15, 0.2) is 0 Å². The van der Waals surface area contributed by atoms with Crippen molar-refractivity contribution in [1.82, 2.24) is 9.91 Å². The fraction of sp³-hybridized carbons (Fsp3) is 0.250. The number of rotatable bonds is 4. The summed E-state index contributed by atoms with van der Waals surface area (Å²) >= 11 is 5.92. The molecule has 1 atom stereocenters. The van der Waals surface area contributed by atoms with E-state index in [0.717, 1.165) is 6.07 Å². The highest BCUT2D eigenvalue weighted by molar-refractivity contribution is 6.33. The van der Waals surface area contributed by atoms with Crippen LogP contribution in [0.4, 0.5) is 13.6 Å². The number of nitrogens with zero attached hydrogens (tertiary/aromatic N) is 3. The van der Waals surface area contributed by atoms with Crippen LogP contribution in [-0.2, 0) is 0 Å². The number of carbonyl (C=O) groups excluding carboxylic acids is 2. The van der Waals surface area contributed by atoms with E-state index in [4.69, 9.17) is 22.1 Å². The molecule has 0 spiro atoms. The molecule has 1 saturated heterocycles. The summed E-state index contributed by atoms with van der Waals surface area (Å²) in [5, 5.41) is 5.52. The van der Waals surface area contributed by atoms with Gasteiger partial charge in [-0.2, -0.15) is 5.10 Å². The smallest absolute Gasteiger partial charge is 0.341 e. The van der Waals surface area contributed by atoms with E-state index >= 15 is 0 Å². The van der Waals surface area contributed by atoms with Gasteiger partial charge in [0.25, 0.3) is 0 Å². The first-order valence-electron chi connectivity index (χ1n) is 9.14. The van der Waals surface area contributed by atoms with Gasteiger partial charge in [-0.3, -0.25) is 4.79 Å². The van der Waals surface area contributed by atoms with Crippen molar-refractivity contribution in [2.75, 3.05) is 13.1 Å². The van der Waals surface area contributed by atoms with Gasteiger partial charge in [-0.15, -0.1) is 0 Å². The minimum Gasteiger partial charge on any atom is -0.487 e. The van der Waals surface area contributed by atoms with Gasteiger partial charge in [-0.05, 0) is 35.9 Å². The quantitative estimate of drug-likeness (QED) is 0.800. The summed E-state index contributed by atoms with van der Waals surface area (Å²) in [7, 11) is 0. The Balaban J connectivity index is 1.38. The number of halogens is 3. The molecule has 30 heavy (non-hydrogen) atoms. The molecule has 10 heteroatoms. The maximum absolute atomic E-state index is 13.6. The summed E-state index contributed by atoms with van der Waals surface area (Å²) < 4.78 is 32.9. The Kier molecular flexibility index (Phi) is 5.29. The number of urea groups is 1. The molecule has 0 aromatic heterocycles. The van der Waals surface area contributed by atoms with E-state index in [1.165, 1.54) is 40.4 Å².